The lowest BCUT2D eigenvalue weighted by Crippen LogP contribution is -2.06. The number of carbonyl (C=O) groups excluding carboxylic acids is 1. The summed E-state index contributed by atoms with van der Waals surface area (Å²) in [5, 5.41) is 0.820. The second kappa shape index (κ2) is 5.23. The van der Waals surface area contributed by atoms with Crippen LogP contribution in [0, 0.1) is 0 Å². The molecule has 1 rings (SSSR count). The number of carbonyl (C=O) groups is 1. The Kier molecular flexibility index (Phi) is 4.23. The summed E-state index contributed by atoms with van der Waals surface area (Å²) in [6.07, 6.45) is 0.789. The van der Waals surface area contributed by atoms with Gasteiger partial charge in [0.2, 0.25) is 0 Å². The molecule has 4 heteroatoms. The van der Waals surface area contributed by atoms with Crippen LogP contribution in [0.4, 0.5) is 0 Å². The van der Waals surface area contributed by atoms with E-state index < -0.39 is 5.97 Å². The van der Waals surface area contributed by atoms with Crippen molar-refractivity contribution in [2.45, 2.75) is 13.3 Å². The number of benzene rings is 1. The van der Waals surface area contributed by atoms with Crippen LogP contribution in [-0.4, -0.2) is 12.6 Å². The van der Waals surface area contributed by atoms with Gasteiger partial charge in [-0.05, 0) is 24.6 Å². The highest BCUT2D eigenvalue weighted by molar-refractivity contribution is 6.36. The molecule has 1 aromatic carbocycles. The Balaban J connectivity index is 2.80. The van der Waals surface area contributed by atoms with E-state index in [0.29, 0.717) is 22.2 Å². The lowest BCUT2D eigenvalue weighted by atomic mass is 10.2. The van der Waals surface area contributed by atoms with Gasteiger partial charge < -0.3 is 4.74 Å². The first-order valence-corrected chi connectivity index (χ1v) is 5.03. The van der Waals surface area contributed by atoms with Crippen molar-refractivity contribution >= 4 is 29.2 Å². The summed E-state index contributed by atoms with van der Waals surface area (Å²) in [4.78, 5) is 11.4. The van der Waals surface area contributed by atoms with Crippen molar-refractivity contribution in [1.29, 1.82) is 0 Å². The molecule has 0 bridgehead atoms. The summed E-state index contributed by atoms with van der Waals surface area (Å²) in [5.74, 6) is -0.409. The Morgan fingerprint density at radius 3 is 2.71 bits per heavy atom. The van der Waals surface area contributed by atoms with Crippen molar-refractivity contribution in [3.63, 3.8) is 0 Å². The molecule has 0 aliphatic carbocycles. The molecule has 0 atom stereocenters. The van der Waals surface area contributed by atoms with Gasteiger partial charge in [0.05, 0.1) is 17.2 Å². The first kappa shape index (κ1) is 11.3. The topological polar surface area (TPSA) is 26.3 Å². The predicted molar refractivity (Wildman–Crippen MR) is 57.0 cm³/mol. The van der Waals surface area contributed by atoms with Crippen molar-refractivity contribution < 1.29 is 9.53 Å². The maximum absolute atomic E-state index is 11.4. The van der Waals surface area contributed by atoms with Gasteiger partial charge in [-0.15, -0.1) is 0 Å². The van der Waals surface area contributed by atoms with Crippen molar-refractivity contribution in [1.82, 2.24) is 0 Å². The lowest BCUT2D eigenvalue weighted by Gasteiger charge is -2.04. The van der Waals surface area contributed by atoms with Gasteiger partial charge in [0.1, 0.15) is 0 Å². The summed E-state index contributed by atoms with van der Waals surface area (Å²) >= 11 is 11.5. The average molecular weight is 233 g/mol. The Bertz CT molecular complexity index is 337. The Labute approximate surface area is 92.8 Å². The van der Waals surface area contributed by atoms with Crippen LogP contribution in [0.25, 0.3) is 0 Å². The summed E-state index contributed by atoms with van der Waals surface area (Å²) < 4.78 is 4.93. The smallest absolute Gasteiger partial charge is 0.339 e. The molecular formula is C10H10Cl2O2. The largest absolute Gasteiger partial charge is 0.462 e. The minimum absolute atomic E-state index is 0.318. The molecule has 0 saturated heterocycles. The van der Waals surface area contributed by atoms with Gasteiger partial charge >= 0.3 is 5.97 Å². The van der Waals surface area contributed by atoms with Crippen LogP contribution in [0.5, 0.6) is 0 Å². The van der Waals surface area contributed by atoms with Crippen LogP contribution in [0.1, 0.15) is 23.7 Å². The predicted octanol–water partition coefficient (Wildman–Crippen LogP) is 3.56. The quantitative estimate of drug-likeness (QED) is 0.746. The van der Waals surface area contributed by atoms with E-state index in [-0.39, 0.29) is 0 Å². The second-order valence-electron chi connectivity index (χ2n) is 2.76. The van der Waals surface area contributed by atoms with Gasteiger partial charge in [-0.25, -0.2) is 4.79 Å². The SMILES string of the molecule is CCCOC(=O)c1ccc(Cl)cc1Cl. The minimum Gasteiger partial charge on any atom is -0.462 e. The maximum atomic E-state index is 11.4. The third-order valence-corrected chi connectivity index (χ3v) is 2.14. The van der Waals surface area contributed by atoms with E-state index in [1.807, 2.05) is 6.92 Å². The minimum atomic E-state index is -0.409. The normalized spacial score (nSPS) is 9.93. The molecule has 0 saturated carbocycles. The standard InChI is InChI=1S/C10H10Cl2O2/c1-2-5-14-10(13)8-4-3-7(11)6-9(8)12/h3-4,6H,2,5H2,1H3. The number of esters is 1. The molecule has 0 aliphatic rings. The molecule has 0 aromatic heterocycles. The van der Waals surface area contributed by atoms with Crippen molar-refractivity contribution in [3.8, 4) is 0 Å². The summed E-state index contributed by atoms with van der Waals surface area (Å²) in [6, 6.07) is 4.68. The zero-order valence-corrected chi connectivity index (χ0v) is 9.23. The maximum Gasteiger partial charge on any atom is 0.339 e. The van der Waals surface area contributed by atoms with Crippen molar-refractivity contribution in [2.24, 2.45) is 0 Å². The third kappa shape index (κ3) is 2.89. The van der Waals surface area contributed by atoms with Crippen LogP contribution in [0.2, 0.25) is 10.0 Å². The zero-order chi connectivity index (χ0) is 10.6. The molecular weight excluding hydrogens is 223 g/mol. The van der Waals surface area contributed by atoms with Gasteiger partial charge in [0, 0.05) is 5.02 Å². The monoisotopic (exact) mass is 232 g/mol. The fourth-order valence-electron chi connectivity index (χ4n) is 0.928. The molecule has 0 radical (unpaired) electrons. The van der Waals surface area contributed by atoms with E-state index in [0.717, 1.165) is 6.42 Å². The third-order valence-electron chi connectivity index (χ3n) is 1.59. The van der Waals surface area contributed by atoms with E-state index in [1.165, 1.54) is 6.07 Å². The molecule has 1 aromatic rings. The number of rotatable bonds is 3. The lowest BCUT2D eigenvalue weighted by molar-refractivity contribution is 0.0505. The van der Waals surface area contributed by atoms with Crippen LogP contribution in [0.15, 0.2) is 18.2 Å². The molecule has 0 heterocycles. The molecule has 14 heavy (non-hydrogen) atoms. The molecule has 0 amide bonds. The number of hydrogen-bond acceptors (Lipinski definition) is 2. The van der Waals surface area contributed by atoms with Gasteiger partial charge in [-0.2, -0.15) is 0 Å². The van der Waals surface area contributed by atoms with Crippen LogP contribution >= 0.6 is 23.2 Å². The molecule has 2 nitrogen and oxygen atoms in total. The van der Waals surface area contributed by atoms with Crippen molar-refractivity contribution in [3.05, 3.63) is 33.8 Å². The fraction of sp³-hybridized carbons (Fsp3) is 0.300. The van der Waals surface area contributed by atoms with Gasteiger partial charge in [0.15, 0.2) is 0 Å². The van der Waals surface area contributed by atoms with E-state index in [4.69, 9.17) is 27.9 Å². The highest BCUT2D eigenvalue weighted by Gasteiger charge is 2.11. The Morgan fingerprint density at radius 2 is 2.14 bits per heavy atom. The van der Waals surface area contributed by atoms with Crippen LogP contribution in [-0.2, 0) is 4.74 Å². The van der Waals surface area contributed by atoms with Crippen LogP contribution < -0.4 is 0 Å². The van der Waals surface area contributed by atoms with E-state index in [1.54, 1.807) is 12.1 Å². The zero-order valence-electron chi connectivity index (χ0n) is 7.72. The van der Waals surface area contributed by atoms with E-state index >= 15 is 0 Å². The summed E-state index contributed by atoms with van der Waals surface area (Å²) in [7, 11) is 0. The summed E-state index contributed by atoms with van der Waals surface area (Å²) in [5.41, 5.74) is 0.351. The molecule has 76 valence electrons. The highest BCUT2D eigenvalue weighted by Crippen LogP contribution is 2.21. The molecule has 0 fully saturated rings. The van der Waals surface area contributed by atoms with E-state index in [9.17, 15) is 4.79 Å². The molecule has 0 unspecified atom stereocenters. The van der Waals surface area contributed by atoms with Crippen molar-refractivity contribution in [2.75, 3.05) is 6.61 Å². The first-order valence-electron chi connectivity index (χ1n) is 4.27. The Morgan fingerprint density at radius 1 is 1.43 bits per heavy atom. The fourth-order valence-corrected chi connectivity index (χ4v) is 1.41. The van der Waals surface area contributed by atoms with Gasteiger partial charge in [0.25, 0.3) is 0 Å². The molecule has 0 N–H and O–H groups in total. The second-order valence-corrected chi connectivity index (χ2v) is 3.60. The van der Waals surface area contributed by atoms with Crippen LogP contribution in [0.3, 0.4) is 0 Å². The number of ether oxygens (including phenoxy) is 1. The number of halogens is 2. The van der Waals surface area contributed by atoms with Gasteiger partial charge in [-0.1, -0.05) is 30.1 Å². The summed E-state index contributed by atoms with van der Waals surface area (Å²) in [6.45, 7) is 2.33. The van der Waals surface area contributed by atoms with E-state index in [2.05, 4.69) is 0 Å². The molecule has 0 spiro atoms. The van der Waals surface area contributed by atoms with Gasteiger partial charge in [-0.3, -0.25) is 0 Å². The number of hydrogen-bond donors (Lipinski definition) is 0. The molecule has 0 aliphatic heterocycles. The average Bonchev–Trinajstić information content (AvgIpc) is 2.14. The first-order chi connectivity index (χ1) is 6.65. The highest BCUT2D eigenvalue weighted by atomic mass is 35.5. The Hall–Kier alpha value is -0.730.